The van der Waals surface area contributed by atoms with Crippen molar-refractivity contribution in [2.75, 3.05) is 13.7 Å². The average molecular weight is 610 g/mol. The van der Waals surface area contributed by atoms with Crippen molar-refractivity contribution in [2.24, 2.45) is 5.73 Å². The second-order valence-corrected chi connectivity index (χ2v) is 10.8. The molecule has 0 radical (unpaired) electrons. The fourth-order valence-electron chi connectivity index (χ4n) is 5.14. The number of fused-ring (bicyclic) bond motifs is 1. The minimum atomic E-state index is -1.50. The third-order valence-corrected chi connectivity index (χ3v) is 7.33. The second kappa shape index (κ2) is 13.4. The molecule has 12 heteroatoms. The quantitative estimate of drug-likeness (QED) is 0.126. The zero-order valence-electron chi connectivity index (χ0n) is 24.8. The Morgan fingerprint density at radius 3 is 2.64 bits per heavy atom. The van der Waals surface area contributed by atoms with E-state index in [9.17, 15) is 24.6 Å². The number of rotatable bonds is 11. The van der Waals surface area contributed by atoms with Crippen LogP contribution in [0, 0.1) is 19.3 Å². The molecule has 1 fully saturated rings. The molecular weight excluding hydrogens is 574 g/mol. The molecule has 4 atom stereocenters. The van der Waals surface area contributed by atoms with Crippen LogP contribution in [0.3, 0.4) is 0 Å². The van der Waals surface area contributed by atoms with E-state index in [-0.39, 0.29) is 22.3 Å². The summed E-state index contributed by atoms with van der Waals surface area (Å²) in [6.07, 6.45) is 0.0302. The number of primary amides is 1. The Bertz CT molecular complexity index is 1640. The Morgan fingerprint density at radius 1 is 1.20 bits per heavy atom. The van der Waals surface area contributed by atoms with Gasteiger partial charge in [-0.25, -0.2) is 9.59 Å². The Morgan fingerprint density at radius 2 is 1.95 bits per heavy atom. The molecule has 1 amide bonds. The van der Waals surface area contributed by atoms with E-state index < -0.39 is 59.9 Å². The maximum absolute atomic E-state index is 13.1. The molecule has 4 N–H and O–H groups in total. The Hall–Kier alpha value is -4.57. The number of aliphatic hydroxyl groups is 1. The van der Waals surface area contributed by atoms with Gasteiger partial charge in [0.1, 0.15) is 28.9 Å². The molecule has 0 saturated carbocycles. The number of hydrogen-bond acceptors (Lipinski definition) is 11. The molecule has 4 rings (SSSR count). The number of carbonyl (C=O) groups excluding carboxylic acids is 2. The van der Waals surface area contributed by atoms with E-state index in [0.29, 0.717) is 36.3 Å². The molecule has 234 valence electrons. The highest BCUT2D eigenvalue weighted by Crippen LogP contribution is 2.38. The lowest BCUT2D eigenvalue weighted by atomic mass is 9.89. The smallest absolute Gasteiger partial charge is 0.404 e. The van der Waals surface area contributed by atoms with Gasteiger partial charge in [-0.3, -0.25) is 4.79 Å². The molecule has 0 bridgehead atoms. The zero-order valence-corrected chi connectivity index (χ0v) is 24.8. The van der Waals surface area contributed by atoms with Crippen LogP contribution in [0.2, 0.25) is 0 Å². The molecule has 2 heterocycles. The van der Waals surface area contributed by atoms with Crippen LogP contribution in [0.5, 0.6) is 17.2 Å². The van der Waals surface area contributed by atoms with Crippen LogP contribution in [0.4, 0.5) is 4.79 Å². The highest BCUT2D eigenvalue weighted by molar-refractivity contribution is 5.99. The first-order valence-corrected chi connectivity index (χ1v) is 13.9. The summed E-state index contributed by atoms with van der Waals surface area (Å²) in [5.41, 5.74) is 3.62. The molecule has 0 spiro atoms. The van der Waals surface area contributed by atoms with Crippen LogP contribution in [0.1, 0.15) is 48.2 Å². The number of methoxy groups -OCH3 is 1. The van der Waals surface area contributed by atoms with Crippen molar-refractivity contribution in [1.82, 2.24) is 0 Å². The van der Waals surface area contributed by atoms with Crippen LogP contribution < -0.4 is 20.8 Å². The minimum Gasteiger partial charge on any atom is -0.507 e. The number of nitrogens with two attached hydrogens (primary N) is 1. The van der Waals surface area contributed by atoms with E-state index in [0.717, 1.165) is 0 Å². The van der Waals surface area contributed by atoms with E-state index in [4.69, 9.17) is 40.3 Å². The van der Waals surface area contributed by atoms with Gasteiger partial charge in [-0.1, -0.05) is 12.1 Å². The number of Topliss-reactive ketones (excluding diaryl/α,β-unsaturated/α-hetero) is 1. The topological polar surface area (TPSA) is 177 Å². The predicted molar refractivity (Wildman–Crippen MR) is 158 cm³/mol. The predicted octanol–water partition coefficient (Wildman–Crippen LogP) is 3.38. The van der Waals surface area contributed by atoms with Gasteiger partial charge in [-0.2, -0.15) is 0 Å². The summed E-state index contributed by atoms with van der Waals surface area (Å²) in [7, 11) is 1.38. The van der Waals surface area contributed by atoms with Gasteiger partial charge in [0.2, 0.25) is 6.29 Å². The fourth-order valence-corrected chi connectivity index (χ4v) is 5.14. The molecule has 0 aliphatic carbocycles. The largest absolute Gasteiger partial charge is 0.507 e. The van der Waals surface area contributed by atoms with Crippen molar-refractivity contribution in [3.05, 3.63) is 63.5 Å². The zero-order chi connectivity index (χ0) is 32.2. The summed E-state index contributed by atoms with van der Waals surface area (Å²) in [6.45, 7) is 5.30. The van der Waals surface area contributed by atoms with E-state index in [1.54, 1.807) is 45.0 Å². The van der Waals surface area contributed by atoms with Crippen LogP contribution in [0.15, 0.2) is 45.6 Å². The van der Waals surface area contributed by atoms with Gasteiger partial charge in [0, 0.05) is 31.1 Å². The van der Waals surface area contributed by atoms with Crippen molar-refractivity contribution >= 4 is 22.8 Å². The molecular formula is C32H35NO11. The molecule has 1 aromatic heterocycles. The molecule has 0 unspecified atom stereocenters. The summed E-state index contributed by atoms with van der Waals surface area (Å²) >= 11 is 0. The lowest BCUT2D eigenvalue weighted by Gasteiger charge is -2.47. The number of ketones is 1. The number of hydrogen-bond donors (Lipinski definition) is 3. The fraction of sp³-hybridized carbons (Fsp3) is 0.406. The molecule has 12 nitrogen and oxygen atoms in total. The van der Waals surface area contributed by atoms with Crippen molar-refractivity contribution < 1.29 is 47.9 Å². The van der Waals surface area contributed by atoms with E-state index in [1.165, 1.54) is 19.2 Å². The monoisotopic (exact) mass is 609 g/mol. The number of amides is 1. The number of aromatic hydroxyl groups is 1. The van der Waals surface area contributed by atoms with Crippen LogP contribution >= 0.6 is 0 Å². The average Bonchev–Trinajstić information content (AvgIpc) is 2.97. The first kappa shape index (κ1) is 32.3. The Kier molecular flexibility index (Phi) is 9.84. The normalized spacial score (nSPS) is 20.9. The van der Waals surface area contributed by atoms with Gasteiger partial charge in [-0.15, -0.1) is 12.3 Å². The van der Waals surface area contributed by atoms with Gasteiger partial charge >= 0.3 is 11.7 Å². The second-order valence-electron chi connectivity index (χ2n) is 10.8. The summed E-state index contributed by atoms with van der Waals surface area (Å²) < 4.78 is 33.6. The number of benzene rings is 2. The molecule has 3 aromatic rings. The molecule has 1 aliphatic rings. The summed E-state index contributed by atoms with van der Waals surface area (Å²) in [4.78, 5) is 37.6. The number of aryl methyl sites for hydroxylation is 1. The number of terminal acetylenes is 1. The summed E-state index contributed by atoms with van der Waals surface area (Å²) in [5.74, 6) is 2.33. The highest BCUT2D eigenvalue weighted by atomic mass is 16.7. The highest BCUT2D eigenvalue weighted by Gasteiger charge is 2.53. The number of aliphatic hydroxyl groups excluding tert-OH is 1. The third-order valence-electron chi connectivity index (χ3n) is 7.33. The van der Waals surface area contributed by atoms with Gasteiger partial charge < -0.3 is 44.0 Å². The molecule has 1 aliphatic heterocycles. The maximum atomic E-state index is 13.1. The van der Waals surface area contributed by atoms with Crippen LogP contribution in [0.25, 0.3) is 11.0 Å². The number of carbonyl (C=O) groups is 2. The Labute approximate surface area is 253 Å². The van der Waals surface area contributed by atoms with E-state index >= 15 is 0 Å². The lowest BCUT2D eigenvalue weighted by molar-refractivity contribution is -0.304. The molecule has 2 aromatic carbocycles. The van der Waals surface area contributed by atoms with Crippen molar-refractivity contribution in [3.8, 4) is 29.6 Å². The van der Waals surface area contributed by atoms with Crippen molar-refractivity contribution in [3.63, 3.8) is 0 Å². The number of ether oxygens (including phenoxy) is 5. The van der Waals surface area contributed by atoms with Gasteiger partial charge in [0.25, 0.3) is 0 Å². The summed E-state index contributed by atoms with van der Waals surface area (Å²) in [6, 6.07) is 9.44. The third kappa shape index (κ3) is 6.81. The standard InChI is InChI=1S/C32H35NO11/c1-6-7-8-14-40-19-11-9-10-18(15-19)22(34)16-21-24(35)20-12-13-23(17(2)26(20)42-29(21)37)41-30-25(36)27(43-31(33)38)28(39-5)32(3,4)44-30/h1,9-13,15,25,27-28,30,35-36H,7-8,14,16H2,2-5H3,(H2,33,38)/t25-,27+,28-,30-/m1/s1. The minimum absolute atomic E-state index is 0.00725. The number of unbranched alkanes of at least 4 members (excludes halogenated alkanes) is 1. The molecule has 1 saturated heterocycles. The van der Waals surface area contributed by atoms with Crippen LogP contribution in [-0.4, -0.2) is 66.0 Å². The maximum Gasteiger partial charge on any atom is 0.404 e. The SMILES string of the molecule is C#CCCCOc1cccc(C(=O)Cc2c(O)c3ccc(O[C@@H]4OC(C)(C)[C@H](OC)[C@@H](OC(N)=O)[C@H]4O)c(C)c3oc2=O)c1. The van der Waals surface area contributed by atoms with Crippen molar-refractivity contribution in [2.45, 2.75) is 70.2 Å². The lowest BCUT2D eigenvalue weighted by Crippen LogP contribution is -2.65. The first-order valence-electron chi connectivity index (χ1n) is 13.9. The first-order chi connectivity index (χ1) is 20.9. The molecule has 44 heavy (non-hydrogen) atoms. The van der Waals surface area contributed by atoms with Gasteiger partial charge in [-0.05, 0) is 51.5 Å². The van der Waals surface area contributed by atoms with E-state index in [2.05, 4.69) is 5.92 Å². The summed E-state index contributed by atoms with van der Waals surface area (Å²) in [5, 5.41) is 22.1. The van der Waals surface area contributed by atoms with Gasteiger partial charge in [0.15, 0.2) is 18.0 Å². The van der Waals surface area contributed by atoms with E-state index in [1.807, 2.05) is 0 Å². The van der Waals surface area contributed by atoms with Crippen molar-refractivity contribution in [1.29, 1.82) is 0 Å². The van der Waals surface area contributed by atoms with Crippen LogP contribution in [-0.2, 0) is 20.6 Å². The van der Waals surface area contributed by atoms with Gasteiger partial charge in [0.05, 0.1) is 23.2 Å². The Balaban J connectivity index is 1.58.